The minimum atomic E-state index is -0.964. The predicted molar refractivity (Wildman–Crippen MR) is 340 cm³/mol. The molecule has 5 amide bonds. The number of nitrogens with one attached hydrogen (secondary N) is 1. The van der Waals surface area contributed by atoms with Gasteiger partial charge in [0.1, 0.15) is 31.3 Å². The van der Waals surface area contributed by atoms with Gasteiger partial charge in [0.15, 0.2) is 17.3 Å². The molecule has 0 saturated carbocycles. The van der Waals surface area contributed by atoms with E-state index in [0.29, 0.717) is 33.9 Å². The molecular formula is C75H69N3O10. The lowest BCUT2D eigenvalue weighted by molar-refractivity contribution is -0.122. The van der Waals surface area contributed by atoms with Crippen molar-refractivity contribution in [3.05, 3.63) is 245 Å². The summed E-state index contributed by atoms with van der Waals surface area (Å²) in [4.78, 5) is 86.9. The van der Waals surface area contributed by atoms with E-state index < -0.39 is 47.2 Å². The van der Waals surface area contributed by atoms with Crippen molar-refractivity contribution in [2.24, 2.45) is 11.8 Å². The zero-order chi connectivity index (χ0) is 62.6. The summed E-state index contributed by atoms with van der Waals surface area (Å²) in [7, 11) is 1.38. The maximum absolute atomic E-state index is 15.2. The highest BCUT2D eigenvalue weighted by Crippen LogP contribution is 2.45. The van der Waals surface area contributed by atoms with Crippen molar-refractivity contribution in [1.82, 2.24) is 4.90 Å². The second-order valence-electron chi connectivity index (χ2n) is 23.7. The lowest BCUT2D eigenvalue weighted by Gasteiger charge is -2.21. The molecule has 1 aliphatic carbocycles. The molecule has 444 valence electrons. The number of carbonyl (C=O) groups excluding carboxylic acids is 6. The van der Waals surface area contributed by atoms with Crippen molar-refractivity contribution in [1.29, 1.82) is 0 Å². The molecule has 0 radical (unpaired) electrons. The summed E-state index contributed by atoms with van der Waals surface area (Å²) in [6.07, 6.45) is -0.109. The van der Waals surface area contributed by atoms with Crippen LogP contribution in [0.5, 0.6) is 28.7 Å². The van der Waals surface area contributed by atoms with E-state index in [4.69, 9.17) is 18.9 Å². The van der Waals surface area contributed by atoms with E-state index in [1.807, 2.05) is 55.5 Å². The highest BCUT2D eigenvalue weighted by atomic mass is 16.5. The number of ketones is 1. The van der Waals surface area contributed by atoms with Crippen molar-refractivity contribution in [2.45, 2.75) is 102 Å². The quantitative estimate of drug-likeness (QED) is 0.0528. The van der Waals surface area contributed by atoms with Gasteiger partial charge in [0.2, 0.25) is 17.6 Å². The number of anilines is 2. The molecule has 3 aliphatic rings. The Morgan fingerprint density at radius 2 is 1.02 bits per heavy atom. The number of Topliss-reactive ketones (excluding diaryl/α,β-unsaturated/α-hetero) is 1. The summed E-state index contributed by atoms with van der Waals surface area (Å²) in [6, 6.07) is 40.3. The molecule has 2 atom stereocenters. The highest BCUT2D eigenvalue weighted by molar-refractivity contribution is 6.25. The maximum atomic E-state index is 15.2. The first-order valence-electron chi connectivity index (χ1n) is 29.4. The van der Waals surface area contributed by atoms with Crippen LogP contribution in [0, 0.1) is 81.1 Å². The predicted octanol–water partition coefficient (Wildman–Crippen LogP) is 15.3. The first-order valence-corrected chi connectivity index (χ1v) is 29.4. The van der Waals surface area contributed by atoms with Crippen molar-refractivity contribution >= 4 is 46.7 Å². The van der Waals surface area contributed by atoms with Gasteiger partial charge in [-0.1, -0.05) is 72.3 Å². The number of fused-ring (bicyclic) bond motifs is 2. The average Bonchev–Trinajstić information content (AvgIpc) is 1.64. The van der Waals surface area contributed by atoms with Crippen LogP contribution in [-0.2, 0) is 29.4 Å². The van der Waals surface area contributed by atoms with Gasteiger partial charge in [0, 0.05) is 29.4 Å². The van der Waals surface area contributed by atoms with Gasteiger partial charge in [-0.2, -0.15) is 0 Å². The standard InChI is InChI=1S/C75H69N3O10/c1-40-13-18-61(19-14-40)88-62-20-15-54(16-21-62)56-30-59(36-60(31-56)78-74(83)65-33-57(29-47(8)68(65)75(78)84)69(79)55-17-22-63-64(32-55)73(82)77(12)72(63)81)76-71(80)58-34-66(85-37-51-23-41(2)48(9)42(3)24-51)70(87-39-53-27-45(6)50(11)46(7)28-53)67(35-58)86-38-52-25-43(4)49(10)44(5)26-52/h13-28,30-32,34-36,65,68H,33,37-39H2,1-12H3,(H,76,80). The van der Waals surface area contributed by atoms with Gasteiger partial charge in [0.25, 0.3) is 17.7 Å². The van der Waals surface area contributed by atoms with E-state index in [2.05, 4.69) is 110 Å². The molecule has 2 aliphatic heterocycles. The molecule has 8 aromatic carbocycles. The molecule has 2 heterocycles. The Hall–Kier alpha value is -10.1. The summed E-state index contributed by atoms with van der Waals surface area (Å²) >= 11 is 0. The molecule has 13 nitrogen and oxygen atoms in total. The number of rotatable bonds is 17. The number of benzene rings is 8. The van der Waals surface area contributed by atoms with Gasteiger partial charge in [0.05, 0.1) is 28.7 Å². The normalized spacial score (nSPS) is 15.2. The molecule has 0 aromatic heterocycles. The number of imide groups is 2. The molecular weight excluding hydrogens is 1100 g/mol. The van der Waals surface area contributed by atoms with E-state index >= 15 is 4.79 Å². The number of hydrogen-bond acceptors (Lipinski definition) is 10. The monoisotopic (exact) mass is 1170 g/mol. The third-order valence-corrected chi connectivity index (χ3v) is 17.6. The molecule has 88 heavy (non-hydrogen) atoms. The largest absolute Gasteiger partial charge is 0.485 e. The molecule has 1 fully saturated rings. The van der Waals surface area contributed by atoms with Crippen molar-refractivity contribution in [3.63, 3.8) is 0 Å². The zero-order valence-electron chi connectivity index (χ0n) is 51.7. The van der Waals surface area contributed by atoms with E-state index in [1.54, 1.807) is 37.3 Å². The van der Waals surface area contributed by atoms with Crippen LogP contribution in [0.2, 0.25) is 0 Å². The zero-order valence-corrected chi connectivity index (χ0v) is 51.7. The highest BCUT2D eigenvalue weighted by Gasteiger charge is 2.51. The number of aryl methyl sites for hydroxylation is 7. The van der Waals surface area contributed by atoms with Gasteiger partial charge in [-0.05, 0) is 233 Å². The second kappa shape index (κ2) is 24.0. The first-order chi connectivity index (χ1) is 42.0. The number of hydrogen-bond donors (Lipinski definition) is 1. The van der Waals surface area contributed by atoms with E-state index in [0.717, 1.165) is 65.4 Å². The lowest BCUT2D eigenvalue weighted by Crippen LogP contribution is -2.31. The number of ether oxygens (including phenoxy) is 4. The van der Waals surface area contributed by atoms with Crippen LogP contribution in [0.25, 0.3) is 11.1 Å². The van der Waals surface area contributed by atoms with Crippen molar-refractivity contribution in [3.8, 4) is 39.9 Å². The number of carbonyl (C=O) groups is 6. The van der Waals surface area contributed by atoms with Crippen LogP contribution in [-0.4, -0.2) is 47.3 Å². The fourth-order valence-electron chi connectivity index (χ4n) is 11.9. The Morgan fingerprint density at radius 1 is 0.523 bits per heavy atom. The van der Waals surface area contributed by atoms with E-state index in [1.165, 1.54) is 41.9 Å². The maximum Gasteiger partial charge on any atom is 0.261 e. The van der Waals surface area contributed by atoms with Gasteiger partial charge >= 0.3 is 0 Å². The van der Waals surface area contributed by atoms with Crippen LogP contribution in [0.3, 0.4) is 0 Å². The SMILES string of the molecule is CC1=C=C(C(=O)c2ccc3c(c2)C(=O)N(C)C3=O)CC2C(=O)N(c3cc(NC(=O)c4cc(OCc5cc(C)c(C)c(C)c5)c(OCc5cc(C)c(C)c(C)c5)c(OCc5cc(C)c(C)c(C)c5)c4)cc(-c4ccc(Oc5ccc(C)cc5)cc4)c3)C(=O)C12. The Balaban J connectivity index is 0.966. The van der Waals surface area contributed by atoms with Gasteiger partial charge in [-0.25, -0.2) is 4.90 Å². The van der Waals surface area contributed by atoms with Crippen LogP contribution in [0.1, 0.15) is 127 Å². The van der Waals surface area contributed by atoms with E-state index in [9.17, 15) is 24.0 Å². The summed E-state index contributed by atoms with van der Waals surface area (Å²) in [5.74, 6) is -2.87. The third kappa shape index (κ3) is 11.8. The lowest BCUT2D eigenvalue weighted by atomic mass is 9.79. The first kappa shape index (κ1) is 59.6. The second-order valence-corrected chi connectivity index (χ2v) is 23.7. The molecule has 0 bridgehead atoms. The van der Waals surface area contributed by atoms with Crippen LogP contribution in [0.15, 0.2) is 150 Å². The summed E-state index contributed by atoms with van der Waals surface area (Å²) < 4.78 is 26.5. The fraction of sp³-hybridized carbons (Fsp3) is 0.240. The van der Waals surface area contributed by atoms with Gasteiger partial charge in [-0.3, -0.25) is 33.7 Å². The number of nitrogens with zero attached hydrogens (tertiary/aromatic N) is 2. The summed E-state index contributed by atoms with van der Waals surface area (Å²) in [5.41, 5.74) is 20.2. The summed E-state index contributed by atoms with van der Waals surface area (Å²) in [5, 5.41) is 3.11. The molecule has 1 saturated heterocycles. The van der Waals surface area contributed by atoms with Gasteiger partial charge < -0.3 is 24.3 Å². The van der Waals surface area contributed by atoms with Gasteiger partial charge in [-0.15, -0.1) is 5.73 Å². The minimum Gasteiger partial charge on any atom is -0.485 e. The molecule has 0 spiro atoms. The molecule has 11 rings (SSSR count). The molecule has 8 aromatic rings. The fourth-order valence-corrected chi connectivity index (χ4v) is 11.9. The molecule has 13 heteroatoms. The number of amides is 5. The van der Waals surface area contributed by atoms with Crippen LogP contribution in [0.4, 0.5) is 11.4 Å². The Kier molecular flexibility index (Phi) is 16.3. The molecule has 1 N–H and O–H groups in total. The Bertz CT molecular complexity index is 4180. The van der Waals surface area contributed by atoms with E-state index in [-0.39, 0.29) is 76.9 Å². The Morgan fingerprint density at radius 3 is 1.56 bits per heavy atom. The minimum absolute atomic E-state index is 0.109. The molecule has 2 unspecified atom stereocenters. The van der Waals surface area contributed by atoms with Crippen LogP contribution >= 0.6 is 0 Å². The van der Waals surface area contributed by atoms with Crippen molar-refractivity contribution < 1.29 is 47.7 Å². The average molecular weight is 1170 g/mol. The third-order valence-electron chi connectivity index (χ3n) is 17.6. The topological polar surface area (TPSA) is 158 Å². The smallest absolute Gasteiger partial charge is 0.261 e. The Labute approximate surface area is 513 Å². The summed E-state index contributed by atoms with van der Waals surface area (Å²) in [6.45, 7) is 22.8. The van der Waals surface area contributed by atoms with Crippen LogP contribution < -0.4 is 29.2 Å². The van der Waals surface area contributed by atoms with Crippen molar-refractivity contribution in [2.75, 3.05) is 17.3 Å².